The summed E-state index contributed by atoms with van der Waals surface area (Å²) in [6.45, 7) is 1.47. The molecule has 2 rings (SSSR count). The molecule has 0 saturated carbocycles. The van der Waals surface area contributed by atoms with Gasteiger partial charge in [0.05, 0.1) is 4.92 Å². The molecule has 0 radical (unpaired) electrons. The van der Waals surface area contributed by atoms with Crippen LogP contribution in [0.5, 0.6) is 0 Å². The van der Waals surface area contributed by atoms with Crippen LogP contribution in [0.1, 0.15) is 12.5 Å². The Hall–Kier alpha value is -2.43. The van der Waals surface area contributed by atoms with Gasteiger partial charge in [-0.2, -0.15) is 0 Å². The first kappa shape index (κ1) is 11.1. The monoisotopic (exact) mass is 229 g/mol. The fourth-order valence-corrected chi connectivity index (χ4v) is 1.45. The second-order valence-electron chi connectivity index (χ2n) is 3.60. The number of allylic oxidation sites excluding steroid dienone is 1. The van der Waals surface area contributed by atoms with Gasteiger partial charge in [-0.05, 0) is 5.56 Å². The second-order valence-corrected chi connectivity index (χ2v) is 3.60. The molecule has 1 heterocycles. The van der Waals surface area contributed by atoms with Crippen molar-refractivity contribution in [2.75, 3.05) is 0 Å². The van der Waals surface area contributed by atoms with E-state index in [1.807, 2.05) is 24.3 Å². The zero-order chi connectivity index (χ0) is 12.3. The number of H-pyrrole nitrogens is 1. The van der Waals surface area contributed by atoms with E-state index in [4.69, 9.17) is 0 Å². The molecule has 0 aliphatic heterocycles. The molecule has 0 bridgehead atoms. The van der Waals surface area contributed by atoms with E-state index in [0.717, 1.165) is 17.0 Å². The summed E-state index contributed by atoms with van der Waals surface area (Å²) in [7, 11) is 0. The van der Waals surface area contributed by atoms with E-state index < -0.39 is 4.92 Å². The van der Waals surface area contributed by atoms with Gasteiger partial charge in [-0.25, -0.2) is 4.98 Å². The Kier molecular flexibility index (Phi) is 3.00. The van der Waals surface area contributed by atoms with Crippen LogP contribution >= 0.6 is 0 Å². The van der Waals surface area contributed by atoms with Crippen molar-refractivity contribution < 1.29 is 4.92 Å². The summed E-state index contributed by atoms with van der Waals surface area (Å²) in [6.07, 6.45) is 4.96. The maximum absolute atomic E-state index is 10.5. The lowest BCUT2D eigenvalue weighted by Gasteiger charge is -1.98. The smallest absolute Gasteiger partial charge is 0.243 e. The summed E-state index contributed by atoms with van der Waals surface area (Å²) >= 11 is 0. The molecule has 86 valence electrons. The minimum Gasteiger partial charge on any atom is -0.345 e. The quantitative estimate of drug-likeness (QED) is 0.649. The van der Waals surface area contributed by atoms with Gasteiger partial charge in [0.25, 0.3) is 0 Å². The van der Waals surface area contributed by atoms with Crippen LogP contribution in [-0.4, -0.2) is 14.9 Å². The lowest BCUT2D eigenvalue weighted by atomic mass is 10.1. The van der Waals surface area contributed by atoms with Crippen molar-refractivity contribution in [1.82, 2.24) is 9.97 Å². The summed E-state index contributed by atoms with van der Waals surface area (Å²) in [5.74, 6) is 0.784. The normalized spacial score (nSPS) is 11.5. The topological polar surface area (TPSA) is 71.8 Å². The molecular formula is C12H11N3O2. The summed E-state index contributed by atoms with van der Waals surface area (Å²) in [4.78, 5) is 17.2. The molecule has 0 spiro atoms. The van der Waals surface area contributed by atoms with E-state index in [2.05, 4.69) is 9.97 Å². The highest BCUT2D eigenvalue weighted by atomic mass is 16.6. The van der Waals surface area contributed by atoms with Gasteiger partial charge in [0.2, 0.25) is 5.70 Å². The fourth-order valence-electron chi connectivity index (χ4n) is 1.45. The molecule has 1 aromatic carbocycles. The fraction of sp³-hybridized carbons (Fsp3) is 0.0833. The largest absolute Gasteiger partial charge is 0.345 e. The van der Waals surface area contributed by atoms with Crippen molar-refractivity contribution >= 4 is 6.08 Å². The lowest BCUT2D eigenvalue weighted by Crippen LogP contribution is -1.92. The second kappa shape index (κ2) is 4.61. The predicted molar refractivity (Wildman–Crippen MR) is 64.7 cm³/mol. The molecule has 1 N–H and O–H groups in total. The maximum Gasteiger partial charge on any atom is 0.243 e. The number of hydrogen-bond acceptors (Lipinski definition) is 3. The third-order valence-electron chi connectivity index (χ3n) is 2.35. The zero-order valence-corrected chi connectivity index (χ0v) is 9.25. The number of nitro groups is 1. The van der Waals surface area contributed by atoms with E-state index in [1.165, 1.54) is 13.0 Å². The van der Waals surface area contributed by atoms with Gasteiger partial charge in [0, 0.05) is 31.0 Å². The van der Waals surface area contributed by atoms with Gasteiger partial charge >= 0.3 is 0 Å². The highest BCUT2D eigenvalue weighted by Gasteiger charge is 2.03. The van der Waals surface area contributed by atoms with Crippen molar-refractivity contribution in [2.24, 2.45) is 0 Å². The van der Waals surface area contributed by atoms with Crippen LogP contribution in [0.25, 0.3) is 17.5 Å². The Morgan fingerprint density at radius 1 is 1.41 bits per heavy atom. The standard InChI is InChI=1S/C12H11N3O2/c1-9(15(16)17)8-10-2-4-11(5-3-10)12-13-6-7-14-12/h2-8H,1H3,(H,13,14). The molecule has 2 aromatic rings. The Labute approximate surface area is 98.0 Å². The minimum absolute atomic E-state index is 0.121. The highest BCUT2D eigenvalue weighted by molar-refractivity contribution is 5.60. The van der Waals surface area contributed by atoms with Crippen molar-refractivity contribution in [3.8, 4) is 11.4 Å². The molecule has 17 heavy (non-hydrogen) atoms. The average Bonchev–Trinajstić information content (AvgIpc) is 2.83. The Morgan fingerprint density at radius 2 is 2.12 bits per heavy atom. The molecule has 5 heteroatoms. The molecule has 0 amide bonds. The third kappa shape index (κ3) is 2.57. The van der Waals surface area contributed by atoms with Gasteiger partial charge in [0.15, 0.2) is 0 Å². The first-order chi connectivity index (χ1) is 8.16. The molecule has 0 aliphatic rings. The number of imidazole rings is 1. The van der Waals surface area contributed by atoms with Crippen LogP contribution in [0.4, 0.5) is 0 Å². The van der Waals surface area contributed by atoms with Crippen LogP contribution in [0.2, 0.25) is 0 Å². The van der Waals surface area contributed by atoms with Crippen molar-refractivity contribution in [3.05, 3.63) is 58.0 Å². The number of aromatic amines is 1. The SMILES string of the molecule is CC(=Cc1ccc(-c2ncc[nH]2)cc1)[N+](=O)[O-]. The van der Waals surface area contributed by atoms with Crippen LogP contribution in [-0.2, 0) is 0 Å². The van der Waals surface area contributed by atoms with Crippen LogP contribution < -0.4 is 0 Å². The van der Waals surface area contributed by atoms with Crippen LogP contribution in [0.15, 0.2) is 42.4 Å². The number of benzene rings is 1. The van der Waals surface area contributed by atoms with E-state index in [0.29, 0.717) is 0 Å². The van der Waals surface area contributed by atoms with Gasteiger partial charge in [-0.15, -0.1) is 0 Å². The van der Waals surface area contributed by atoms with Gasteiger partial charge in [-0.3, -0.25) is 10.1 Å². The molecule has 0 atom stereocenters. The molecule has 1 aromatic heterocycles. The van der Waals surface area contributed by atoms with E-state index in [-0.39, 0.29) is 5.70 Å². The zero-order valence-electron chi connectivity index (χ0n) is 9.25. The van der Waals surface area contributed by atoms with Crippen molar-refractivity contribution in [1.29, 1.82) is 0 Å². The Morgan fingerprint density at radius 3 is 2.65 bits per heavy atom. The van der Waals surface area contributed by atoms with Crippen molar-refractivity contribution in [2.45, 2.75) is 6.92 Å². The molecule has 0 aliphatic carbocycles. The van der Waals surface area contributed by atoms with Gasteiger partial charge in [-0.1, -0.05) is 24.3 Å². The van der Waals surface area contributed by atoms with E-state index >= 15 is 0 Å². The van der Waals surface area contributed by atoms with E-state index in [1.54, 1.807) is 12.4 Å². The molecule has 0 unspecified atom stereocenters. The summed E-state index contributed by atoms with van der Waals surface area (Å²) in [6, 6.07) is 7.39. The van der Waals surface area contributed by atoms with Gasteiger partial charge < -0.3 is 4.98 Å². The van der Waals surface area contributed by atoms with Crippen molar-refractivity contribution in [3.63, 3.8) is 0 Å². The third-order valence-corrected chi connectivity index (χ3v) is 2.35. The highest BCUT2D eigenvalue weighted by Crippen LogP contribution is 2.16. The first-order valence-corrected chi connectivity index (χ1v) is 5.09. The van der Waals surface area contributed by atoms with E-state index in [9.17, 15) is 10.1 Å². The summed E-state index contributed by atoms with van der Waals surface area (Å²) in [5, 5.41) is 10.5. The average molecular weight is 229 g/mol. The molecule has 0 saturated heterocycles. The number of aromatic nitrogens is 2. The Balaban J connectivity index is 2.25. The summed E-state index contributed by atoms with van der Waals surface area (Å²) < 4.78 is 0. The molecular weight excluding hydrogens is 218 g/mol. The number of nitrogens with zero attached hydrogens (tertiary/aromatic N) is 2. The molecule has 0 fully saturated rings. The number of rotatable bonds is 3. The Bertz CT molecular complexity index is 542. The minimum atomic E-state index is -0.402. The van der Waals surface area contributed by atoms with Crippen LogP contribution in [0, 0.1) is 10.1 Å². The predicted octanol–water partition coefficient (Wildman–Crippen LogP) is 2.71. The number of nitrogens with one attached hydrogen (secondary N) is 1. The number of hydrogen-bond donors (Lipinski definition) is 1. The van der Waals surface area contributed by atoms with Gasteiger partial charge in [0.1, 0.15) is 5.82 Å². The molecule has 5 nitrogen and oxygen atoms in total. The first-order valence-electron chi connectivity index (χ1n) is 5.09. The summed E-state index contributed by atoms with van der Waals surface area (Å²) in [5.41, 5.74) is 1.87. The maximum atomic E-state index is 10.5. The van der Waals surface area contributed by atoms with Crippen LogP contribution in [0.3, 0.4) is 0 Å². The lowest BCUT2D eigenvalue weighted by molar-refractivity contribution is -0.422.